The van der Waals surface area contributed by atoms with Crippen LogP contribution in [0.3, 0.4) is 0 Å². The van der Waals surface area contributed by atoms with E-state index in [9.17, 15) is 0 Å². The molecule has 1 N–H and O–H groups in total. The van der Waals surface area contributed by atoms with Crippen LogP contribution in [0.5, 0.6) is 0 Å². The molecule has 0 aromatic carbocycles. The van der Waals surface area contributed by atoms with Gasteiger partial charge < -0.3 is 10.1 Å². The Bertz CT molecular complexity index is 255. The zero-order valence-electron chi connectivity index (χ0n) is 7.11. The van der Waals surface area contributed by atoms with Crippen molar-refractivity contribution in [3.05, 3.63) is 35.2 Å². The summed E-state index contributed by atoms with van der Waals surface area (Å²) >= 11 is 5.97. The lowest BCUT2D eigenvalue weighted by Crippen LogP contribution is -2.27. The van der Waals surface area contributed by atoms with E-state index >= 15 is 0 Å². The molecule has 1 rings (SSSR count). The van der Waals surface area contributed by atoms with E-state index in [0.29, 0.717) is 17.4 Å². The third-order valence-corrected chi connectivity index (χ3v) is 2.06. The van der Waals surface area contributed by atoms with Crippen LogP contribution in [0, 0.1) is 0 Å². The number of allylic oxidation sites excluding steroid dienone is 2. The van der Waals surface area contributed by atoms with E-state index in [-0.39, 0.29) is 0 Å². The van der Waals surface area contributed by atoms with Crippen molar-refractivity contribution in [2.75, 3.05) is 13.2 Å². The Hall–Kier alpha value is -0.890. The van der Waals surface area contributed by atoms with Gasteiger partial charge in [0.2, 0.25) is 0 Å². The van der Waals surface area contributed by atoms with Crippen LogP contribution in [0.2, 0.25) is 0 Å². The molecule has 2 nitrogen and oxygen atoms in total. The number of rotatable bonds is 1. The van der Waals surface area contributed by atoms with Gasteiger partial charge in [-0.3, -0.25) is 0 Å². The standard InChI is InChI=1S/C9H12ClNO/c1-6(2)8(10)9-7(3)12-5-4-11-9/h11H,1,3-5H2,2H3/b9-8-. The monoisotopic (exact) mass is 185 g/mol. The van der Waals surface area contributed by atoms with Crippen LogP contribution in [-0.4, -0.2) is 13.2 Å². The second-order valence-corrected chi connectivity index (χ2v) is 3.05. The van der Waals surface area contributed by atoms with E-state index in [2.05, 4.69) is 18.5 Å². The predicted molar refractivity (Wildman–Crippen MR) is 50.8 cm³/mol. The minimum absolute atomic E-state index is 0.592. The van der Waals surface area contributed by atoms with Gasteiger partial charge in [-0.15, -0.1) is 0 Å². The van der Waals surface area contributed by atoms with Crippen molar-refractivity contribution in [3.63, 3.8) is 0 Å². The molecule has 1 aliphatic heterocycles. The van der Waals surface area contributed by atoms with Gasteiger partial charge in [-0.05, 0) is 12.5 Å². The molecule has 0 aliphatic carbocycles. The Morgan fingerprint density at radius 2 is 2.33 bits per heavy atom. The van der Waals surface area contributed by atoms with Gasteiger partial charge in [0.1, 0.15) is 12.4 Å². The van der Waals surface area contributed by atoms with Gasteiger partial charge in [0.05, 0.1) is 10.7 Å². The second kappa shape index (κ2) is 3.68. The summed E-state index contributed by atoms with van der Waals surface area (Å²) in [6.07, 6.45) is 0. The molecule has 1 aliphatic rings. The smallest absolute Gasteiger partial charge is 0.136 e. The fraction of sp³-hybridized carbons (Fsp3) is 0.333. The normalized spacial score (nSPS) is 21.0. The Labute approximate surface area is 77.6 Å². The summed E-state index contributed by atoms with van der Waals surface area (Å²) in [7, 11) is 0. The minimum atomic E-state index is 0.592. The van der Waals surface area contributed by atoms with Crippen LogP contribution in [0.4, 0.5) is 0 Å². The van der Waals surface area contributed by atoms with Gasteiger partial charge >= 0.3 is 0 Å². The molecule has 0 unspecified atom stereocenters. The summed E-state index contributed by atoms with van der Waals surface area (Å²) in [5, 5.41) is 3.71. The van der Waals surface area contributed by atoms with Crippen LogP contribution < -0.4 is 5.32 Å². The molecule has 1 saturated heterocycles. The average molecular weight is 186 g/mol. The molecule has 0 amide bonds. The summed E-state index contributed by atoms with van der Waals surface area (Å²) in [6, 6.07) is 0. The fourth-order valence-electron chi connectivity index (χ4n) is 0.934. The molecule has 66 valence electrons. The highest BCUT2D eigenvalue weighted by atomic mass is 35.5. The average Bonchev–Trinajstić information content (AvgIpc) is 2.04. The highest BCUT2D eigenvalue weighted by molar-refractivity contribution is 6.32. The van der Waals surface area contributed by atoms with Crippen molar-refractivity contribution >= 4 is 11.6 Å². The van der Waals surface area contributed by atoms with Crippen molar-refractivity contribution in [1.82, 2.24) is 5.32 Å². The maximum atomic E-state index is 5.97. The Morgan fingerprint density at radius 3 is 2.83 bits per heavy atom. The molecular weight excluding hydrogens is 174 g/mol. The van der Waals surface area contributed by atoms with E-state index in [0.717, 1.165) is 17.8 Å². The summed E-state index contributed by atoms with van der Waals surface area (Å²) in [4.78, 5) is 0. The van der Waals surface area contributed by atoms with Gasteiger partial charge in [-0.25, -0.2) is 0 Å². The minimum Gasteiger partial charge on any atom is -0.490 e. The first-order chi connectivity index (χ1) is 5.63. The van der Waals surface area contributed by atoms with Gasteiger partial charge in [-0.2, -0.15) is 0 Å². The molecule has 0 atom stereocenters. The van der Waals surface area contributed by atoms with Crippen LogP contribution >= 0.6 is 11.6 Å². The first-order valence-corrected chi connectivity index (χ1v) is 4.12. The first-order valence-electron chi connectivity index (χ1n) is 3.74. The number of morpholine rings is 1. The fourth-order valence-corrected chi connectivity index (χ4v) is 1.11. The lowest BCUT2D eigenvalue weighted by atomic mass is 10.2. The van der Waals surface area contributed by atoms with E-state index in [1.54, 1.807) is 0 Å². The molecule has 0 aromatic rings. The molecule has 12 heavy (non-hydrogen) atoms. The maximum absolute atomic E-state index is 5.97. The number of hydrogen-bond acceptors (Lipinski definition) is 2. The van der Waals surface area contributed by atoms with Gasteiger partial charge in [-0.1, -0.05) is 24.8 Å². The van der Waals surface area contributed by atoms with Crippen molar-refractivity contribution in [3.8, 4) is 0 Å². The van der Waals surface area contributed by atoms with Crippen molar-refractivity contribution < 1.29 is 4.74 Å². The summed E-state index contributed by atoms with van der Waals surface area (Å²) in [5.41, 5.74) is 1.57. The molecule has 1 heterocycles. The van der Waals surface area contributed by atoms with E-state index in [1.165, 1.54) is 0 Å². The molecule has 0 saturated carbocycles. The summed E-state index contributed by atoms with van der Waals surface area (Å²) in [6.45, 7) is 10.7. The molecular formula is C9H12ClNO. The SMILES string of the molecule is C=C(C)/C(Cl)=C1/NCCOC1=C. The zero-order valence-corrected chi connectivity index (χ0v) is 7.87. The van der Waals surface area contributed by atoms with Gasteiger partial charge in [0.15, 0.2) is 0 Å². The highest BCUT2D eigenvalue weighted by Crippen LogP contribution is 2.22. The second-order valence-electron chi connectivity index (χ2n) is 2.67. The van der Waals surface area contributed by atoms with Gasteiger partial charge in [0.25, 0.3) is 0 Å². The molecule has 3 heteroatoms. The Kier molecular flexibility index (Phi) is 2.82. The summed E-state index contributed by atoms with van der Waals surface area (Å²) < 4.78 is 5.22. The Balaban J connectivity index is 2.90. The number of nitrogens with one attached hydrogen (secondary N) is 1. The largest absolute Gasteiger partial charge is 0.490 e. The maximum Gasteiger partial charge on any atom is 0.136 e. The zero-order chi connectivity index (χ0) is 9.14. The number of hydrogen-bond donors (Lipinski definition) is 1. The Morgan fingerprint density at radius 1 is 1.67 bits per heavy atom. The van der Waals surface area contributed by atoms with Gasteiger partial charge in [0, 0.05) is 6.54 Å². The topological polar surface area (TPSA) is 21.3 Å². The van der Waals surface area contributed by atoms with E-state index in [1.807, 2.05) is 6.92 Å². The van der Waals surface area contributed by atoms with Crippen LogP contribution in [0.15, 0.2) is 35.2 Å². The van der Waals surface area contributed by atoms with Crippen molar-refractivity contribution in [2.24, 2.45) is 0 Å². The van der Waals surface area contributed by atoms with Crippen molar-refractivity contribution in [2.45, 2.75) is 6.92 Å². The lowest BCUT2D eigenvalue weighted by Gasteiger charge is -2.21. The predicted octanol–water partition coefficient (Wildman–Crippen LogP) is 2.15. The lowest BCUT2D eigenvalue weighted by molar-refractivity contribution is 0.198. The van der Waals surface area contributed by atoms with Crippen LogP contribution in [0.25, 0.3) is 0 Å². The molecule has 0 aromatic heterocycles. The number of halogens is 1. The quantitative estimate of drug-likeness (QED) is 0.676. The molecule has 1 fully saturated rings. The first kappa shape index (κ1) is 9.20. The molecule has 0 spiro atoms. The number of ether oxygens (including phenoxy) is 1. The molecule has 0 radical (unpaired) electrons. The van der Waals surface area contributed by atoms with E-state index in [4.69, 9.17) is 16.3 Å². The van der Waals surface area contributed by atoms with Crippen LogP contribution in [0.1, 0.15) is 6.92 Å². The van der Waals surface area contributed by atoms with E-state index < -0.39 is 0 Å². The highest BCUT2D eigenvalue weighted by Gasteiger charge is 2.14. The summed E-state index contributed by atoms with van der Waals surface area (Å²) in [5.74, 6) is 0.592. The molecule has 0 bridgehead atoms. The van der Waals surface area contributed by atoms with Crippen LogP contribution in [-0.2, 0) is 4.74 Å². The third kappa shape index (κ3) is 1.83. The third-order valence-electron chi connectivity index (χ3n) is 1.55. The van der Waals surface area contributed by atoms with Crippen molar-refractivity contribution in [1.29, 1.82) is 0 Å².